The van der Waals surface area contributed by atoms with Gasteiger partial charge in [0.2, 0.25) is 17.7 Å². The Morgan fingerprint density at radius 1 is 0.953 bits per heavy atom. The van der Waals surface area contributed by atoms with Crippen LogP contribution in [0.2, 0.25) is 10.0 Å². The zero-order valence-electron chi connectivity index (χ0n) is 36.9. The molecule has 7 rings (SSSR count). The monoisotopic (exact) mass is 911 g/mol. The number of halogens is 2. The first-order valence-corrected chi connectivity index (χ1v) is 22.2. The van der Waals surface area contributed by atoms with Gasteiger partial charge in [-0.05, 0) is 94.4 Å². The third-order valence-corrected chi connectivity index (χ3v) is 12.6. The molecule has 16 heteroatoms. The van der Waals surface area contributed by atoms with E-state index in [-0.39, 0.29) is 56.6 Å². The van der Waals surface area contributed by atoms with Crippen molar-refractivity contribution >= 4 is 46.7 Å². The Morgan fingerprint density at radius 2 is 1.70 bits per heavy atom. The molecule has 1 N–H and O–H groups in total. The first kappa shape index (κ1) is 46.5. The Morgan fingerprint density at radius 3 is 2.41 bits per heavy atom. The number of nitrogens with zero attached hydrogens (tertiary/aromatic N) is 6. The second kappa shape index (κ2) is 20.5. The Bertz CT molecular complexity index is 2420. The van der Waals surface area contributed by atoms with Gasteiger partial charge in [0.05, 0.1) is 61.2 Å². The third kappa shape index (κ3) is 11.2. The predicted molar refractivity (Wildman–Crippen MR) is 243 cm³/mol. The van der Waals surface area contributed by atoms with Gasteiger partial charge in [-0.3, -0.25) is 19.2 Å². The summed E-state index contributed by atoms with van der Waals surface area (Å²) in [5.41, 5.74) is 2.54. The lowest BCUT2D eigenvalue weighted by Crippen LogP contribution is -2.63. The summed E-state index contributed by atoms with van der Waals surface area (Å²) in [6, 6.07) is 19.1. The number of Topliss-reactive ketones (excluding diaryl/α,β-unsaturated/α-hetero) is 1. The van der Waals surface area contributed by atoms with Gasteiger partial charge >= 0.3 is 0 Å². The second-order valence-corrected chi connectivity index (χ2v) is 18.1. The van der Waals surface area contributed by atoms with Gasteiger partial charge in [-0.2, -0.15) is 0 Å². The van der Waals surface area contributed by atoms with Crippen molar-refractivity contribution in [2.24, 2.45) is 18.9 Å². The van der Waals surface area contributed by atoms with Gasteiger partial charge in [-0.1, -0.05) is 41.4 Å². The summed E-state index contributed by atoms with van der Waals surface area (Å²) >= 11 is 12.8. The number of benzene rings is 3. The summed E-state index contributed by atoms with van der Waals surface area (Å²) in [5, 5.41) is 4.30. The molecule has 0 aliphatic carbocycles. The molecule has 2 bridgehead atoms. The van der Waals surface area contributed by atoms with E-state index in [0.717, 1.165) is 22.6 Å². The van der Waals surface area contributed by atoms with Crippen LogP contribution in [0.3, 0.4) is 0 Å². The minimum absolute atomic E-state index is 0.0259. The van der Waals surface area contributed by atoms with Crippen LogP contribution in [-0.4, -0.2) is 105 Å². The molecule has 14 nitrogen and oxygen atoms in total. The third-order valence-electron chi connectivity index (χ3n) is 12.1. The number of oxazole rings is 1. The fourth-order valence-electron chi connectivity index (χ4n) is 8.73. The first-order chi connectivity index (χ1) is 30.7. The van der Waals surface area contributed by atoms with Crippen molar-refractivity contribution in [1.82, 2.24) is 34.6 Å². The summed E-state index contributed by atoms with van der Waals surface area (Å²) in [7, 11) is 7.46. The van der Waals surface area contributed by atoms with Crippen molar-refractivity contribution in [2.75, 3.05) is 40.9 Å². The molecule has 4 heterocycles. The number of carbonyl (C=O) groups is 4. The number of nitrogens with one attached hydrogen (secondary N) is 1. The Kier molecular flexibility index (Phi) is 14.9. The van der Waals surface area contributed by atoms with Gasteiger partial charge in [-0.25, -0.2) is 9.97 Å². The molecule has 2 saturated heterocycles. The highest BCUT2D eigenvalue weighted by molar-refractivity contribution is 6.31. The summed E-state index contributed by atoms with van der Waals surface area (Å²) in [6.45, 7) is 2.88. The van der Waals surface area contributed by atoms with Gasteiger partial charge in [0.1, 0.15) is 23.6 Å². The average Bonchev–Trinajstić information content (AvgIpc) is 3.92. The number of hydrogen-bond donors (Lipinski definition) is 1. The number of aromatic nitrogens is 3. The first-order valence-electron chi connectivity index (χ1n) is 21.5. The minimum Gasteiger partial charge on any atom is -0.457 e. The minimum atomic E-state index is -1.01. The van der Waals surface area contributed by atoms with Gasteiger partial charge in [0.15, 0.2) is 11.7 Å². The molecule has 2 aliphatic heterocycles. The highest BCUT2D eigenvalue weighted by atomic mass is 35.5. The number of carbonyl (C=O) groups excluding carboxylic acids is 4. The fourth-order valence-corrected chi connectivity index (χ4v) is 9.01. The molecular weight excluding hydrogens is 857 g/mol. The number of ether oxygens (including phenoxy) is 2. The summed E-state index contributed by atoms with van der Waals surface area (Å²) in [4.78, 5) is 72.6. The molecule has 2 fully saturated rings. The molecule has 3 amide bonds. The molecule has 0 radical (unpaired) electrons. The van der Waals surface area contributed by atoms with Crippen molar-refractivity contribution in [3.63, 3.8) is 0 Å². The molecular formula is C48H55Cl2N7O7. The summed E-state index contributed by atoms with van der Waals surface area (Å²) in [5.74, 6) is -1.02. The molecule has 64 heavy (non-hydrogen) atoms. The largest absolute Gasteiger partial charge is 0.457 e. The molecule has 4 atom stereocenters. The Labute approximate surface area is 383 Å². The quantitative estimate of drug-likeness (QED) is 0.129. The predicted octanol–water partition coefficient (Wildman–Crippen LogP) is 7.16. The normalized spacial score (nSPS) is 21.3. The Balaban J connectivity index is 1.20. The van der Waals surface area contributed by atoms with E-state index in [4.69, 9.17) is 37.1 Å². The zero-order valence-corrected chi connectivity index (χ0v) is 38.4. The van der Waals surface area contributed by atoms with Crippen molar-refractivity contribution in [2.45, 2.75) is 70.1 Å². The summed E-state index contributed by atoms with van der Waals surface area (Å²) < 4.78 is 19.6. The smallest absolute Gasteiger partial charge is 0.226 e. The van der Waals surface area contributed by atoms with Crippen LogP contribution in [-0.2, 0) is 56.9 Å². The number of amides is 3. The van der Waals surface area contributed by atoms with E-state index in [1.54, 1.807) is 42.2 Å². The van der Waals surface area contributed by atoms with E-state index < -0.39 is 29.3 Å². The van der Waals surface area contributed by atoms with Crippen LogP contribution in [0.5, 0.6) is 11.5 Å². The van der Waals surface area contributed by atoms with E-state index in [2.05, 4.69) is 24.8 Å². The highest BCUT2D eigenvalue weighted by Crippen LogP contribution is 2.34. The van der Waals surface area contributed by atoms with Crippen molar-refractivity contribution in [3.05, 3.63) is 118 Å². The number of methoxy groups -OCH3 is 1. The average molecular weight is 913 g/mol. The molecule has 5 aromatic rings. The number of ketones is 1. The molecule has 0 spiro atoms. The molecule has 338 valence electrons. The SMILES string of the molecule is COC[C@@H]1CC(=O)[C@H](C)N(Cc2ccc(Cl)cc2Oc2ccc(-c3cnc(CN(C)C)n3C)cc2)C(=O)C[C@@H](Cc2ncco2)C(=O)N2CCC[C@@](Cc3ccc(Cl)cc3)(C2)NC1=O. The van der Waals surface area contributed by atoms with Crippen LogP contribution < -0.4 is 10.1 Å². The zero-order chi connectivity index (χ0) is 45.5. The van der Waals surface area contributed by atoms with E-state index in [1.165, 1.54) is 24.5 Å². The van der Waals surface area contributed by atoms with Crippen LogP contribution in [0.1, 0.15) is 55.4 Å². The van der Waals surface area contributed by atoms with Gasteiger partial charge in [0.25, 0.3) is 0 Å². The van der Waals surface area contributed by atoms with Gasteiger partial charge in [-0.15, -0.1) is 0 Å². The number of hydrogen-bond acceptors (Lipinski definition) is 10. The lowest BCUT2D eigenvalue weighted by Gasteiger charge is -2.45. The summed E-state index contributed by atoms with van der Waals surface area (Å²) in [6.07, 6.45) is 6.01. The van der Waals surface area contributed by atoms with E-state index in [1.807, 2.05) is 63.7 Å². The van der Waals surface area contributed by atoms with E-state index in [0.29, 0.717) is 65.4 Å². The Hall–Kier alpha value is -5.54. The maximum absolute atomic E-state index is 14.9. The number of imidazole rings is 1. The topological polar surface area (TPSA) is 152 Å². The van der Waals surface area contributed by atoms with Crippen molar-refractivity contribution in [1.29, 1.82) is 0 Å². The van der Waals surface area contributed by atoms with Crippen LogP contribution in [0.25, 0.3) is 11.3 Å². The fraction of sp³-hybridized carbons (Fsp3) is 0.417. The van der Waals surface area contributed by atoms with Gasteiger partial charge in [0, 0.05) is 67.7 Å². The molecule has 2 aliphatic rings. The number of fused-ring (bicyclic) bond motifs is 2. The highest BCUT2D eigenvalue weighted by Gasteiger charge is 2.43. The van der Waals surface area contributed by atoms with Crippen molar-refractivity contribution in [3.8, 4) is 22.8 Å². The molecule has 2 aromatic heterocycles. The molecule has 0 saturated carbocycles. The van der Waals surface area contributed by atoms with E-state index in [9.17, 15) is 19.2 Å². The van der Waals surface area contributed by atoms with Crippen LogP contribution in [0.15, 0.2) is 89.8 Å². The maximum atomic E-state index is 14.9. The number of piperidine rings is 1. The number of rotatable bonds is 13. The molecule has 0 unspecified atom stereocenters. The molecule has 3 aromatic carbocycles. The second-order valence-electron chi connectivity index (χ2n) is 17.2. The van der Waals surface area contributed by atoms with Crippen LogP contribution >= 0.6 is 23.2 Å². The van der Waals surface area contributed by atoms with Crippen molar-refractivity contribution < 1.29 is 33.1 Å². The van der Waals surface area contributed by atoms with Crippen LogP contribution in [0.4, 0.5) is 0 Å². The lowest BCUT2D eigenvalue weighted by molar-refractivity contribution is -0.147. The maximum Gasteiger partial charge on any atom is 0.226 e. The van der Waals surface area contributed by atoms with Crippen LogP contribution in [0, 0.1) is 11.8 Å². The lowest BCUT2D eigenvalue weighted by atomic mass is 9.81. The standard InChI is InChI=1S/C48H55Cl2N7O7/c1-31-41(58)21-36(29-62-5)46(60)53-48(25-32-7-12-37(49)13-8-32)17-6-19-56(30-48)47(61)35(22-44-51-18-20-63-44)23-45(59)57(31)27-34-9-14-38(50)24-42(34)64-39-15-10-33(11-16-39)40-26-52-43(55(40)4)28-54(2)3/h7-16,18,20,24,26,31,35-36H,6,17,19,21-23,25,27-30H2,1-5H3,(H,53,60)/t31-,35+,36-,48+/m0/s1. The van der Waals surface area contributed by atoms with Gasteiger partial charge < -0.3 is 38.5 Å². The van der Waals surface area contributed by atoms with E-state index >= 15 is 0 Å².